The molecule has 104 valence electrons. The van der Waals surface area contributed by atoms with Crippen LogP contribution in [0.5, 0.6) is 0 Å². The van der Waals surface area contributed by atoms with Gasteiger partial charge in [-0.1, -0.05) is 6.92 Å². The van der Waals surface area contributed by atoms with E-state index in [2.05, 4.69) is 17.1 Å². The van der Waals surface area contributed by atoms with Crippen molar-refractivity contribution < 1.29 is 9.53 Å². The zero-order valence-corrected chi connectivity index (χ0v) is 11.7. The van der Waals surface area contributed by atoms with Crippen molar-refractivity contribution in [2.45, 2.75) is 51.6 Å². The molecule has 0 bridgehead atoms. The van der Waals surface area contributed by atoms with Crippen LogP contribution < -0.4 is 5.32 Å². The van der Waals surface area contributed by atoms with Crippen LogP contribution in [0.1, 0.15) is 39.5 Å². The summed E-state index contributed by atoms with van der Waals surface area (Å²) < 4.78 is 5.17. The Morgan fingerprint density at radius 2 is 2.22 bits per heavy atom. The van der Waals surface area contributed by atoms with Crippen molar-refractivity contribution in [3.05, 3.63) is 0 Å². The quantitative estimate of drug-likeness (QED) is 0.728. The first-order valence-corrected chi connectivity index (χ1v) is 7.34. The van der Waals surface area contributed by atoms with Crippen LogP contribution in [-0.4, -0.2) is 49.2 Å². The van der Waals surface area contributed by atoms with Gasteiger partial charge in [0.05, 0.1) is 6.61 Å². The molecular formula is C14H26N2O2. The van der Waals surface area contributed by atoms with Gasteiger partial charge in [-0.05, 0) is 45.1 Å². The number of hydrogen-bond acceptors (Lipinski definition) is 4. The van der Waals surface area contributed by atoms with Gasteiger partial charge < -0.3 is 15.0 Å². The van der Waals surface area contributed by atoms with Crippen LogP contribution in [0, 0.1) is 5.92 Å². The monoisotopic (exact) mass is 254 g/mol. The summed E-state index contributed by atoms with van der Waals surface area (Å²) in [5.74, 6) is 0.671. The Hall–Kier alpha value is -0.610. The molecule has 1 saturated heterocycles. The minimum absolute atomic E-state index is 0.0809. The summed E-state index contributed by atoms with van der Waals surface area (Å²) in [5, 5.41) is 3.42. The summed E-state index contributed by atoms with van der Waals surface area (Å²) in [6.45, 7) is 7.67. The van der Waals surface area contributed by atoms with E-state index < -0.39 is 0 Å². The molecule has 2 atom stereocenters. The number of piperidine rings is 1. The van der Waals surface area contributed by atoms with Gasteiger partial charge in [-0.25, -0.2) is 0 Å². The topological polar surface area (TPSA) is 41.6 Å². The molecule has 18 heavy (non-hydrogen) atoms. The van der Waals surface area contributed by atoms with E-state index >= 15 is 0 Å². The normalized spacial score (nSPS) is 26.9. The first kappa shape index (κ1) is 13.8. The summed E-state index contributed by atoms with van der Waals surface area (Å²) in [7, 11) is 0. The molecule has 0 amide bonds. The number of esters is 1. The Morgan fingerprint density at radius 1 is 1.44 bits per heavy atom. The van der Waals surface area contributed by atoms with Gasteiger partial charge >= 0.3 is 5.97 Å². The molecule has 0 aromatic rings. The zero-order chi connectivity index (χ0) is 13.0. The number of carbonyl (C=O) groups excluding carboxylic acids is 1. The molecule has 4 heteroatoms. The third-order valence-corrected chi connectivity index (χ3v) is 3.77. The maximum atomic E-state index is 12.0. The molecule has 1 aliphatic heterocycles. The van der Waals surface area contributed by atoms with E-state index in [1.54, 1.807) is 0 Å². The Labute approximate surface area is 110 Å². The van der Waals surface area contributed by atoms with Crippen molar-refractivity contribution in [1.29, 1.82) is 0 Å². The fourth-order valence-corrected chi connectivity index (χ4v) is 2.68. The van der Waals surface area contributed by atoms with Gasteiger partial charge in [0, 0.05) is 19.1 Å². The smallest absolute Gasteiger partial charge is 0.324 e. The fourth-order valence-electron chi connectivity index (χ4n) is 2.68. The summed E-state index contributed by atoms with van der Waals surface area (Å²) >= 11 is 0. The molecule has 0 radical (unpaired) electrons. The van der Waals surface area contributed by atoms with Crippen molar-refractivity contribution in [3.63, 3.8) is 0 Å². The molecule has 1 heterocycles. The molecule has 2 aliphatic rings. The predicted octanol–water partition coefficient (Wildman–Crippen LogP) is 1.40. The Bertz CT molecular complexity index is 279. The summed E-state index contributed by atoms with van der Waals surface area (Å²) in [6.07, 6.45) is 4.97. The Balaban J connectivity index is 1.84. The molecular weight excluding hydrogens is 228 g/mol. The maximum Gasteiger partial charge on any atom is 0.324 e. The van der Waals surface area contributed by atoms with Crippen LogP contribution in [-0.2, 0) is 9.53 Å². The van der Waals surface area contributed by atoms with Gasteiger partial charge in [0.2, 0.25) is 0 Å². The highest BCUT2D eigenvalue weighted by Crippen LogP contribution is 2.21. The van der Waals surface area contributed by atoms with Crippen molar-refractivity contribution in [3.8, 4) is 0 Å². The number of nitrogens with one attached hydrogen (secondary N) is 1. The molecule has 4 nitrogen and oxygen atoms in total. The van der Waals surface area contributed by atoms with Crippen molar-refractivity contribution in [2.24, 2.45) is 5.92 Å². The fraction of sp³-hybridized carbons (Fsp3) is 0.929. The lowest BCUT2D eigenvalue weighted by Gasteiger charge is -2.33. The first-order valence-electron chi connectivity index (χ1n) is 7.34. The summed E-state index contributed by atoms with van der Waals surface area (Å²) in [5.41, 5.74) is 0. The van der Waals surface area contributed by atoms with Crippen LogP contribution >= 0.6 is 0 Å². The largest absolute Gasteiger partial charge is 0.465 e. The predicted molar refractivity (Wildman–Crippen MR) is 71.4 cm³/mol. The molecule has 1 aliphatic carbocycles. The number of nitrogens with zero attached hydrogens (tertiary/aromatic N) is 1. The maximum absolute atomic E-state index is 12.0. The van der Waals surface area contributed by atoms with E-state index in [4.69, 9.17) is 4.74 Å². The number of hydrogen-bond donors (Lipinski definition) is 1. The van der Waals surface area contributed by atoms with Crippen LogP contribution in [0.2, 0.25) is 0 Å². The molecule has 2 fully saturated rings. The SMILES string of the molecule is CCOC(=O)C(CN1CCCC(C)C1)NC1CC1. The van der Waals surface area contributed by atoms with E-state index in [-0.39, 0.29) is 12.0 Å². The highest BCUT2D eigenvalue weighted by Gasteiger charge is 2.31. The van der Waals surface area contributed by atoms with E-state index in [1.165, 1.54) is 25.7 Å². The molecule has 0 aromatic heterocycles. The number of carbonyl (C=O) groups is 1. The molecule has 2 rings (SSSR count). The van der Waals surface area contributed by atoms with Crippen molar-refractivity contribution in [2.75, 3.05) is 26.2 Å². The number of likely N-dealkylation sites (tertiary alicyclic amines) is 1. The molecule has 1 saturated carbocycles. The molecule has 1 N–H and O–H groups in total. The first-order chi connectivity index (χ1) is 8.69. The van der Waals surface area contributed by atoms with Gasteiger partial charge in [-0.2, -0.15) is 0 Å². The zero-order valence-electron chi connectivity index (χ0n) is 11.7. The second-order valence-corrected chi connectivity index (χ2v) is 5.75. The molecule has 0 aromatic carbocycles. The van der Waals surface area contributed by atoms with Crippen LogP contribution in [0.15, 0.2) is 0 Å². The second kappa shape index (κ2) is 6.53. The van der Waals surface area contributed by atoms with Crippen LogP contribution in [0.25, 0.3) is 0 Å². The minimum Gasteiger partial charge on any atom is -0.465 e. The molecule has 0 spiro atoms. The van der Waals surface area contributed by atoms with Crippen LogP contribution in [0.3, 0.4) is 0 Å². The highest BCUT2D eigenvalue weighted by atomic mass is 16.5. The van der Waals surface area contributed by atoms with E-state index in [1.807, 2.05) is 6.92 Å². The Kier molecular flexibility index (Phi) is 5.01. The van der Waals surface area contributed by atoms with E-state index in [0.717, 1.165) is 25.6 Å². The summed E-state index contributed by atoms with van der Waals surface area (Å²) in [4.78, 5) is 14.4. The lowest BCUT2D eigenvalue weighted by molar-refractivity contribution is -0.146. The standard InChI is InChI=1S/C14H26N2O2/c1-3-18-14(17)13(15-12-6-7-12)10-16-8-4-5-11(2)9-16/h11-13,15H,3-10H2,1-2H3. The van der Waals surface area contributed by atoms with Gasteiger partial charge in [0.1, 0.15) is 6.04 Å². The third kappa shape index (κ3) is 4.25. The minimum atomic E-state index is -0.136. The average Bonchev–Trinajstić information content (AvgIpc) is 3.12. The van der Waals surface area contributed by atoms with Crippen molar-refractivity contribution >= 4 is 5.97 Å². The lowest BCUT2D eigenvalue weighted by Crippen LogP contribution is -2.49. The second-order valence-electron chi connectivity index (χ2n) is 5.75. The summed E-state index contributed by atoms with van der Waals surface area (Å²) in [6, 6.07) is 0.407. The van der Waals surface area contributed by atoms with Crippen molar-refractivity contribution in [1.82, 2.24) is 10.2 Å². The van der Waals surface area contributed by atoms with E-state index in [9.17, 15) is 4.79 Å². The van der Waals surface area contributed by atoms with Gasteiger partial charge in [0.15, 0.2) is 0 Å². The van der Waals surface area contributed by atoms with Gasteiger partial charge in [-0.3, -0.25) is 4.79 Å². The Morgan fingerprint density at radius 3 is 2.83 bits per heavy atom. The lowest BCUT2D eigenvalue weighted by atomic mass is 10.00. The number of rotatable bonds is 6. The average molecular weight is 254 g/mol. The van der Waals surface area contributed by atoms with Crippen LogP contribution in [0.4, 0.5) is 0 Å². The molecule has 2 unspecified atom stereocenters. The van der Waals surface area contributed by atoms with Gasteiger partial charge in [-0.15, -0.1) is 0 Å². The van der Waals surface area contributed by atoms with E-state index in [0.29, 0.717) is 12.6 Å². The number of ether oxygens (including phenoxy) is 1. The highest BCUT2D eigenvalue weighted by molar-refractivity contribution is 5.76. The van der Waals surface area contributed by atoms with Gasteiger partial charge in [0.25, 0.3) is 0 Å². The third-order valence-electron chi connectivity index (χ3n) is 3.77.